The number of hydrogen-bond acceptors (Lipinski definition) is 8. The highest BCUT2D eigenvalue weighted by atomic mass is 35.5. The first kappa shape index (κ1) is 25.4. The summed E-state index contributed by atoms with van der Waals surface area (Å²) >= 11 is 5.94. The number of carbonyl (C=O) groups is 1. The van der Waals surface area contributed by atoms with E-state index in [0.29, 0.717) is 16.3 Å². The van der Waals surface area contributed by atoms with E-state index in [1.54, 1.807) is 31.2 Å². The van der Waals surface area contributed by atoms with E-state index < -0.39 is 23.4 Å². The van der Waals surface area contributed by atoms with Crippen LogP contribution in [-0.4, -0.2) is 32.0 Å². The van der Waals surface area contributed by atoms with Gasteiger partial charge in [0.15, 0.2) is 5.82 Å². The van der Waals surface area contributed by atoms with Gasteiger partial charge in [0.2, 0.25) is 5.62 Å². The van der Waals surface area contributed by atoms with Gasteiger partial charge in [-0.15, -0.1) is 0 Å². The number of aromatic amines is 1. The van der Waals surface area contributed by atoms with Crippen molar-refractivity contribution in [1.82, 2.24) is 19.3 Å². The summed E-state index contributed by atoms with van der Waals surface area (Å²) in [6, 6.07) is 15.4. The zero-order chi connectivity index (χ0) is 26.4. The van der Waals surface area contributed by atoms with Crippen molar-refractivity contribution in [2.75, 3.05) is 6.61 Å². The summed E-state index contributed by atoms with van der Waals surface area (Å²) in [5.41, 5.74) is -1.17. The number of rotatable bonds is 7. The van der Waals surface area contributed by atoms with Crippen molar-refractivity contribution >= 4 is 23.4 Å². The third kappa shape index (κ3) is 6.30. The number of pyridine rings is 1. The summed E-state index contributed by atoms with van der Waals surface area (Å²) in [5.74, 6) is -0.525. The van der Waals surface area contributed by atoms with Gasteiger partial charge >= 0.3 is 17.5 Å². The van der Waals surface area contributed by atoms with Crippen LogP contribution in [0.15, 0.2) is 81.4 Å². The molecule has 0 saturated carbocycles. The Morgan fingerprint density at radius 1 is 1.11 bits per heavy atom. The molecule has 2 heterocycles. The highest BCUT2D eigenvalue weighted by Crippen LogP contribution is 2.24. The molecule has 0 aliphatic carbocycles. The molecule has 1 N–H and O–H groups in total. The maximum atomic E-state index is 13.8. The lowest BCUT2D eigenvalue weighted by Crippen LogP contribution is -2.53. The predicted molar refractivity (Wildman–Crippen MR) is 129 cm³/mol. The van der Waals surface area contributed by atoms with E-state index in [4.69, 9.17) is 21.2 Å². The lowest BCUT2D eigenvalue weighted by Gasteiger charge is -2.11. The third-order valence-corrected chi connectivity index (χ3v) is 5.01. The lowest BCUT2D eigenvalue weighted by molar-refractivity contribution is 0.0409. The van der Waals surface area contributed by atoms with E-state index in [2.05, 4.69) is 19.7 Å². The molecule has 4 rings (SSSR count). The van der Waals surface area contributed by atoms with Gasteiger partial charge in [-0.3, -0.25) is 14.4 Å². The molecular weight excluding hydrogens is 509 g/mol. The van der Waals surface area contributed by atoms with E-state index in [0.717, 1.165) is 4.57 Å². The first-order valence-corrected chi connectivity index (χ1v) is 11.2. The maximum Gasteiger partial charge on any atom is 0.534 e. The Hall–Kier alpha value is -4.71. The number of aromatic nitrogens is 4. The highest BCUT2D eigenvalue weighted by Gasteiger charge is 2.15. The number of ether oxygens (including phenoxy) is 2. The molecule has 0 atom stereocenters. The molecule has 0 aliphatic heterocycles. The van der Waals surface area contributed by atoms with Crippen LogP contribution in [0.2, 0.25) is 5.02 Å². The molecule has 37 heavy (non-hydrogen) atoms. The fraction of sp³-hybridized carbons (Fsp3) is 0.125. The number of hydrogen-bond donors (Lipinski definition) is 1. The minimum atomic E-state index is -1.22. The molecule has 0 aliphatic rings. The van der Waals surface area contributed by atoms with Gasteiger partial charge in [0.05, 0.1) is 18.8 Å². The van der Waals surface area contributed by atoms with Crippen LogP contribution in [0.4, 0.5) is 14.9 Å². The van der Waals surface area contributed by atoms with E-state index in [1.807, 2.05) is 0 Å². The Labute approximate surface area is 213 Å². The molecule has 0 saturated heterocycles. The molecule has 0 fully saturated rings. The van der Waals surface area contributed by atoms with Crippen LogP contribution in [0.1, 0.15) is 12.5 Å². The number of nitrogens with zero attached hydrogens (tertiary/aromatic N) is 4. The Morgan fingerprint density at radius 2 is 1.84 bits per heavy atom. The molecule has 0 radical (unpaired) electrons. The number of nitrogens with one attached hydrogen (secondary N) is 1. The Bertz CT molecular complexity index is 1600. The molecule has 190 valence electrons. The van der Waals surface area contributed by atoms with Crippen LogP contribution >= 0.6 is 11.6 Å². The minimum Gasteiger partial charge on any atom is -0.436 e. The summed E-state index contributed by atoms with van der Waals surface area (Å²) in [4.78, 5) is 52.8. The monoisotopic (exact) mass is 527 g/mol. The smallest absolute Gasteiger partial charge is 0.436 e. The van der Waals surface area contributed by atoms with Crippen LogP contribution < -0.4 is 26.6 Å². The van der Waals surface area contributed by atoms with Crippen molar-refractivity contribution in [2.24, 2.45) is 4.99 Å². The van der Waals surface area contributed by atoms with Gasteiger partial charge in [0, 0.05) is 11.2 Å². The molecule has 0 amide bonds. The summed E-state index contributed by atoms with van der Waals surface area (Å²) in [5, 5.41) is 0.496. The van der Waals surface area contributed by atoms with Crippen LogP contribution in [0.3, 0.4) is 0 Å². The topological polar surface area (TPSA) is 130 Å². The SMILES string of the molecule is CCOC(=O)On1c(=O)[nH]/c(=N\c2ccc(Oc3ncccc3F)cc2)n(Cc2ccc(Cl)cc2)c1=O. The largest absolute Gasteiger partial charge is 0.534 e. The van der Waals surface area contributed by atoms with Crippen LogP contribution in [0.5, 0.6) is 11.6 Å². The van der Waals surface area contributed by atoms with Gasteiger partial charge in [-0.2, -0.15) is 0 Å². The predicted octanol–water partition coefficient (Wildman–Crippen LogP) is 3.18. The highest BCUT2D eigenvalue weighted by molar-refractivity contribution is 6.30. The van der Waals surface area contributed by atoms with Crippen molar-refractivity contribution in [2.45, 2.75) is 13.5 Å². The lowest BCUT2D eigenvalue weighted by atomic mass is 10.2. The first-order valence-electron chi connectivity index (χ1n) is 10.8. The van der Waals surface area contributed by atoms with Crippen LogP contribution in [0.25, 0.3) is 0 Å². The fourth-order valence-electron chi connectivity index (χ4n) is 3.07. The molecular formula is C24H19ClFN5O6. The Morgan fingerprint density at radius 3 is 2.51 bits per heavy atom. The van der Waals surface area contributed by atoms with Crippen molar-refractivity contribution < 1.29 is 23.5 Å². The van der Waals surface area contributed by atoms with Crippen molar-refractivity contribution in [3.8, 4) is 11.6 Å². The Kier molecular flexibility index (Phi) is 7.79. The molecule has 13 heteroatoms. The average molecular weight is 528 g/mol. The van der Waals surface area contributed by atoms with Gasteiger partial charge < -0.3 is 9.47 Å². The molecule has 0 spiro atoms. The van der Waals surface area contributed by atoms with Crippen LogP contribution in [0, 0.1) is 5.82 Å². The zero-order valence-corrected chi connectivity index (χ0v) is 20.0. The Balaban J connectivity index is 1.73. The van der Waals surface area contributed by atoms with Crippen molar-refractivity contribution in [3.05, 3.63) is 110 Å². The minimum absolute atomic E-state index is 0.0175. The van der Waals surface area contributed by atoms with Gasteiger partial charge in [-0.1, -0.05) is 28.5 Å². The molecule has 4 aromatic rings. The van der Waals surface area contributed by atoms with E-state index in [-0.39, 0.29) is 35.1 Å². The molecule has 11 nitrogen and oxygen atoms in total. The molecule has 0 bridgehead atoms. The van der Waals surface area contributed by atoms with E-state index in [1.165, 1.54) is 42.6 Å². The molecule has 2 aromatic carbocycles. The van der Waals surface area contributed by atoms with Crippen LogP contribution in [-0.2, 0) is 11.3 Å². The third-order valence-electron chi connectivity index (χ3n) is 4.76. The second kappa shape index (κ2) is 11.4. The average Bonchev–Trinajstić information content (AvgIpc) is 2.88. The fourth-order valence-corrected chi connectivity index (χ4v) is 3.20. The van der Waals surface area contributed by atoms with E-state index >= 15 is 0 Å². The zero-order valence-electron chi connectivity index (χ0n) is 19.3. The first-order chi connectivity index (χ1) is 17.8. The maximum absolute atomic E-state index is 13.8. The quantitative estimate of drug-likeness (QED) is 0.365. The summed E-state index contributed by atoms with van der Waals surface area (Å²) in [6.07, 6.45) is 0.170. The standard InChI is InChI=1S/C24H19ClFN5O6/c1-2-35-24(34)37-31-22(32)29-21(30(23(31)33)14-15-5-7-16(25)8-6-15)28-17-9-11-18(12-10-17)36-20-19(26)4-3-13-27-20/h3-13H,2,14H2,1H3,(H,28,29,32). The van der Waals surface area contributed by atoms with Crippen molar-refractivity contribution in [1.29, 1.82) is 0 Å². The second-order valence-electron chi connectivity index (χ2n) is 7.32. The number of carbonyl (C=O) groups excluding carboxylic acids is 1. The van der Waals surface area contributed by atoms with Gasteiger partial charge in [0.25, 0.3) is 5.88 Å². The number of benzene rings is 2. The molecule has 0 unspecified atom stereocenters. The van der Waals surface area contributed by atoms with Gasteiger partial charge in [-0.05, 0) is 61.0 Å². The van der Waals surface area contributed by atoms with Crippen molar-refractivity contribution in [3.63, 3.8) is 0 Å². The number of halogens is 2. The van der Waals surface area contributed by atoms with Gasteiger partial charge in [0.1, 0.15) is 5.75 Å². The number of H-pyrrole nitrogens is 1. The summed E-state index contributed by atoms with van der Waals surface area (Å²) in [6.45, 7) is 1.48. The summed E-state index contributed by atoms with van der Waals surface area (Å²) in [7, 11) is 0. The van der Waals surface area contributed by atoms with Gasteiger partial charge in [-0.25, -0.2) is 28.8 Å². The second-order valence-corrected chi connectivity index (χ2v) is 7.75. The molecule has 2 aromatic heterocycles. The van der Waals surface area contributed by atoms with E-state index in [9.17, 15) is 18.8 Å². The summed E-state index contributed by atoms with van der Waals surface area (Å²) < 4.78 is 25.2. The normalized spacial score (nSPS) is 11.3.